The van der Waals surface area contributed by atoms with E-state index in [-0.39, 0.29) is 5.91 Å². The average molecular weight is 498 g/mol. The molecule has 9 heteroatoms. The van der Waals surface area contributed by atoms with Crippen LogP contribution in [0.3, 0.4) is 0 Å². The molecular formula is C26H29ClFN5O2. The first-order valence-electron chi connectivity index (χ1n) is 12.3. The Morgan fingerprint density at radius 3 is 2.94 bits per heavy atom. The molecule has 0 aliphatic carbocycles. The molecule has 1 amide bonds. The maximum Gasteiger partial charge on any atom is 0.258 e. The highest BCUT2D eigenvalue weighted by Gasteiger charge is 2.39. The van der Waals surface area contributed by atoms with E-state index in [9.17, 15) is 9.18 Å². The number of hydrogen-bond acceptors (Lipinski definition) is 5. The summed E-state index contributed by atoms with van der Waals surface area (Å²) in [6.07, 6.45) is 3.45. The number of benzene rings is 1. The van der Waals surface area contributed by atoms with Gasteiger partial charge in [0.2, 0.25) is 0 Å². The number of nitrogens with one attached hydrogen (secondary N) is 1. The number of aryl methyl sites for hydroxylation is 2. The van der Waals surface area contributed by atoms with Gasteiger partial charge in [-0.25, -0.2) is 13.9 Å². The summed E-state index contributed by atoms with van der Waals surface area (Å²) in [7, 11) is 0. The number of hydrogen-bond donors (Lipinski definition) is 1. The number of carbonyl (C=O) groups excluding carboxylic acids is 1. The molecule has 35 heavy (non-hydrogen) atoms. The number of nitrogens with zero attached hydrogens (tertiary/aromatic N) is 4. The Morgan fingerprint density at radius 1 is 1.29 bits per heavy atom. The summed E-state index contributed by atoms with van der Waals surface area (Å²) in [4.78, 5) is 19.9. The Morgan fingerprint density at radius 2 is 2.11 bits per heavy atom. The van der Waals surface area contributed by atoms with Gasteiger partial charge in [0, 0.05) is 23.7 Å². The molecule has 0 radical (unpaired) electrons. The normalized spacial score (nSPS) is 25.3. The molecule has 2 fully saturated rings. The van der Waals surface area contributed by atoms with Gasteiger partial charge in [-0.3, -0.25) is 4.79 Å². The first-order valence-corrected chi connectivity index (χ1v) is 12.7. The molecule has 184 valence electrons. The highest BCUT2D eigenvalue weighted by molar-refractivity contribution is 6.31. The minimum Gasteiger partial charge on any atom is -0.492 e. The predicted octanol–water partition coefficient (Wildman–Crippen LogP) is 4.45. The van der Waals surface area contributed by atoms with Crippen LogP contribution in [-0.4, -0.2) is 44.1 Å². The molecule has 6 rings (SSSR count). The zero-order valence-electron chi connectivity index (χ0n) is 20.1. The fraction of sp³-hybridized carbons (Fsp3) is 0.500. The third kappa shape index (κ3) is 3.78. The lowest BCUT2D eigenvalue weighted by Crippen LogP contribution is -2.45. The van der Waals surface area contributed by atoms with Gasteiger partial charge in [0.15, 0.2) is 5.65 Å². The van der Waals surface area contributed by atoms with Crippen LogP contribution in [0.5, 0.6) is 5.75 Å². The summed E-state index contributed by atoms with van der Waals surface area (Å²) >= 11 is 6.35. The largest absolute Gasteiger partial charge is 0.492 e. The maximum absolute atomic E-state index is 14.2. The Balaban J connectivity index is 1.22. The van der Waals surface area contributed by atoms with Crippen molar-refractivity contribution in [3.8, 4) is 5.75 Å². The number of rotatable bonds is 4. The third-order valence-corrected chi connectivity index (χ3v) is 8.66. The molecule has 4 atom stereocenters. The number of carbonyl (C=O) groups is 1. The fourth-order valence-corrected chi connectivity index (χ4v) is 6.12. The van der Waals surface area contributed by atoms with Gasteiger partial charge in [0.1, 0.15) is 11.6 Å². The number of piperidine rings is 1. The molecular weight excluding hydrogens is 469 g/mol. The molecule has 0 saturated carbocycles. The van der Waals surface area contributed by atoms with Crippen molar-refractivity contribution in [1.82, 2.24) is 24.8 Å². The molecule has 5 heterocycles. The smallest absolute Gasteiger partial charge is 0.258 e. The Bertz CT molecular complexity index is 1340. The van der Waals surface area contributed by atoms with Crippen LogP contribution in [-0.2, 0) is 13.1 Å². The number of ether oxygens (including phenoxy) is 1. The summed E-state index contributed by atoms with van der Waals surface area (Å²) in [5, 5.41) is 8.93. The van der Waals surface area contributed by atoms with Crippen molar-refractivity contribution < 1.29 is 13.9 Å². The standard InChI is InChI=1S/C26H29ClFN5O2/c1-13-16(8-18-5-7-21(13)30-18)12-35-23-9-17(28)4-6-19(23)26(34)32-10-20-22(11-32)31-33-15(3)24(27)14(2)29-25(20)33/h4,6,9,13,16,18,21,30H,5,7-8,10-12H2,1-3H3. The molecule has 2 aromatic heterocycles. The van der Waals surface area contributed by atoms with Crippen molar-refractivity contribution in [2.45, 2.75) is 65.2 Å². The average Bonchev–Trinajstić information content (AvgIpc) is 3.53. The predicted molar refractivity (Wildman–Crippen MR) is 130 cm³/mol. The van der Waals surface area contributed by atoms with Gasteiger partial charge in [0.05, 0.1) is 47.4 Å². The number of halogens is 2. The van der Waals surface area contributed by atoms with Crippen LogP contribution in [0, 0.1) is 31.5 Å². The van der Waals surface area contributed by atoms with Crippen LogP contribution < -0.4 is 10.1 Å². The van der Waals surface area contributed by atoms with E-state index in [0.717, 1.165) is 34.7 Å². The first kappa shape index (κ1) is 22.7. The monoisotopic (exact) mass is 497 g/mol. The van der Waals surface area contributed by atoms with Crippen LogP contribution in [0.4, 0.5) is 4.39 Å². The van der Waals surface area contributed by atoms with E-state index in [1.54, 1.807) is 9.42 Å². The molecule has 3 aromatic rings. The lowest BCUT2D eigenvalue weighted by atomic mass is 9.83. The van der Waals surface area contributed by atoms with E-state index >= 15 is 0 Å². The van der Waals surface area contributed by atoms with Crippen LogP contribution >= 0.6 is 11.6 Å². The first-order chi connectivity index (χ1) is 16.8. The lowest BCUT2D eigenvalue weighted by Gasteiger charge is -2.35. The highest BCUT2D eigenvalue weighted by Crippen LogP contribution is 2.37. The maximum atomic E-state index is 14.2. The summed E-state index contributed by atoms with van der Waals surface area (Å²) in [5.41, 5.74) is 4.39. The second-order valence-electron chi connectivity index (χ2n) is 10.3. The van der Waals surface area contributed by atoms with E-state index in [1.165, 1.54) is 31.0 Å². The molecule has 1 aromatic carbocycles. The molecule has 3 aliphatic rings. The Labute approximate surface area is 208 Å². The second-order valence-corrected chi connectivity index (χ2v) is 10.7. The molecule has 7 nitrogen and oxygen atoms in total. The van der Waals surface area contributed by atoms with E-state index in [4.69, 9.17) is 16.3 Å². The highest BCUT2D eigenvalue weighted by atomic mass is 35.5. The summed E-state index contributed by atoms with van der Waals surface area (Å²) in [5.74, 6) is 0.568. The topological polar surface area (TPSA) is 71.8 Å². The van der Waals surface area contributed by atoms with E-state index in [2.05, 4.69) is 22.3 Å². The van der Waals surface area contributed by atoms with Crippen LogP contribution in [0.1, 0.15) is 59.2 Å². The van der Waals surface area contributed by atoms with Crippen molar-refractivity contribution in [3.05, 3.63) is 57.2 Å². The van der Waals surface area contributed by atoms with Gasteiger partial charge >= 0.3 is 0 Å². The van der Waals surface area contributed by atoms with Gasteiger partial charge in [0.25, 0.3) is 5.91 Å². The molecule has 1 N–H and O–H groups in total. The van der Waals surface area contributed by atoms with Crippen molar-refractivity contribution in [2.75, 3.05) is 6.61 Å². The quantitative estimate of drug-likeness (QED) is 0.576. The van der Waals surface area contributed by atoms with Gasteiger partial charge < -0.3 is 15.0 Å². The van der Waals surface area contributed by atoms with E-state index < -0.39 is 5.82 Å². The van der Waals surface area contributed by atoms with Gasteiger partial charge in [-0.05, 0) is 57.1 Å². The summed E-state index contributed by atoms with van der Waals surface area (Å²) in [6, 6.07) is 5.23. The van der Waals surface area contributed by atoms with Gasteiger partial charge in [-0.1, -0.05) is 18.5 Å². The zero-order valence-corrected chi connectivity index (χ0v) is 20.9. The minimum atomic E-state index is -0.413. The molecule has 2 saturated heterocycles. The zero-order chi connectivity index (χ0) is 24.4. The van der Waals surface area contributed by atoms with E-state index in [1.807, 2.05) is 13.8 Å². The lowest BCUT2D eigenvalue weighted by molar-refractivity contribution is 0.0740. The molecule has 2 bridgehead atoms. The molecule has 0 spiro atoms. The summed E-state index contributed by atoms with van der Waals surface area (Å²) < 4.78 is 22.1. The number of aromatic nitrogens is 3. The van der Waals surface area contributed by atoms with Crippen LogP contribution in [0.25, 0.3) is 5.65 Å². The number of fused-ring (bicyclic) bond motifs is 5. The van der Waals surface area contributed by atoms with E-state index in [0.29, 0.717) is 60.0 Å². The second kappa shape index (κ2) is 8.45. The summed E-state index contributed by atoms with van der Waals surface area (Å²) in [6.45, 7) is 7.26. The van der Waals surface area contributed by atoms with Crippen LogP contribution in [0.15, 0.2) is 18.2 Å². The molecule has 4 unspecified atom stereocenters. The van der Waals surface area contributed by atoms with Crippen LogP contribution in [0.2, 0.25) is 5.02 Å². The Kier molecular flexibility index (Phi) is 5.49. The van der Waals surface area contributed by atoms with Gasteiger partial charge in [-0.2, -0.15) is 5.10 Å². The van der Waals surface area contributed by atoms with Gasteiger partial charge in [-0.15, -0.1) is 0 Å². The number of amides is 1. The van der Waals surface area contributed by atoms with Crippen molar-refractivity contribution in [3.63, 3.8) is 0 Å². The van der Waals surface area contributed by atoms with Crippen molar-refractivity contribution >= 4 is 23.2 Å². The Hall–Kier alpha value is -2.71. The SMILES string of the molecule is Cc1nc2c3c(nn2c(C)c1Cl)CN(C(=O)c1ccc(F)cc1OCC1CC2CCC(N2)C1C)C3. The molecule has 3 aliphatic heterocycles. The minimum absolute atomic E-state index is 0.197. The van der Waals surface area contributed by atoms with Crippen molar-refractivity contribution in [2.24, 2.45) is 11.8 Å². The fourth-order valence-electron chi connectivity index (χ4n) is 6.00. The third-order valence-electron chi connectivity index (χ3n) is 8.11. The van der Waals surface area contributed by atoms with Crippen molar-refractivity contribution in [1.29, 1.82) is 0 Å².